The van der Waals surface area contributed by atoms with Crippen LogP contribution in [0.15, 0.2) is 59.5 Å². The van der Waals surface area contributed by atoms with E-state index in [1.165, 1.54) is 37.4 Å². The number of carbonyl (C=O) groups excluding carboxylic acids is 1. The van der Waals surface area contributed by atoms with Crippen LogP contribution in [0.5, 0.6) is 17.2 Å². The van der Waals surface area contributed by atoms with Crippen LogP contribution in [-0.2, 0) is 28.0 Å². The highest BCUT2D eigenvalue weighted by Crippen LogP contribution is 2.46. The van der Waals surface area contributed by atoms with Gasteiger partial charge < -0.3 is 18.9 Å². The maximum Gasteiger partial charge on any atom is 0.387 e. The number of hydrogen-bond acceptors (Lipinski definition) is 7. The van der Waals surface area contributed by atoms with Crippen molar-refractivity contribution in [2.45, 2.75) is 24.7 Å². The number of carbonyl (C=O) groups is 1. The van der Waals surface area contributed by atoms with Gasteiger partial charge in [-0.25, -0.2) is 18.4 Å². The Kier molecular flexibility index (Phi) is 6.40. The number of primary sulfonamides is 1. The molecule has 0 fully saturated rings. The van der Waals surface area contributed by atoms with E-state index in [-0.39, 0.29) is 35.4 Å². The predicted octanol–water partition coefficient (Wildman–Crippen LogP) is 3.86. The van der Waals surface area contributed by atoms with Gasteiger partial charge in [-0.15, -0.1) is 0 Å². The lowest BCUT2D eigenvalue weighted by molar-refractivity contribution is -0.0529. The van der Waals surface area contributed by atoms with Crippen LogP contribution in [0.4, 0.5) is 8.78 Å². The second kappa shape index (κ2) is 9.27. The Morgan fingerprint density at radius 3 is 2.38 bits per heavy atom. The topological polar surface area (TPSA) is 114 Å². The molecule has 0 amide bonds. The van der Waals surface area contributed by atoms with Crippen LogP contribution in [0.1, 0.15) is 21.5 Å². The summed E-state index contributed by atoms with van der Waals surface area (Å²) in [5.74, 6) is -0.718. The fraction of sp³-hybridized carbons (Fsp3) is 0.174. The minimum absolute atomic E-state index is 0.0136. The Morgan fingerprint density at radius 1 is 1.03 bits per heavy atom. The molecule has 0 aromatic heterocycles. The molecule has 11 heteroatoms. The molecule has 0 spiro atoms. The van der Waals surface area contributed by atoms with Gasteiger partial charge in [0.15, 0.2) is 11.5 Å². The third-order valence-electron chi connectivity index (χ3n) is 5.13. The summed E-state index contributed by atoms with van der Waals surface area (Å²) in [6.45, 7) is -3.14. The molecule has 178 valence electrons. The lowest BCUT2D eigenvalue weighted by Gasteiger charge is -2.19. The highest BCUT2D eigenvalue weighted by Gasteiger charge is 2.25. The van der Waals surface area contributed by atoms with Crippen molar-refractivity contribution in [3.05, 3.63) is 71.3 Å². The maximum absolute atomic E-state index is 13.2. The van der Waals surface area contributed by atoms with Crippen molar-refractivity contribution in [3.63, 3.8) is 0 Å². The Balaban J connectivity index is 1.74. The Morgan fingerprint density at radius 2 is 1.74 bits per heavy atom. The van der Waals surface area contributed by atoms with Crippen LogP contribution >= 0.6 is 0 Å². The smallest absolute Gasteiger partial charge is 0.387 e. The summed E-state index contributed by atoms with van der Waals surface area (Å²) >= 11 is 0. The van der Waals surface area contributed by atoms with Crippen LogP contribution in [0, 0.1) is 0 Å². The Labute approximate surface area is 193 Å². The molecule has 2 N–H and O–H groups in total. The first kappa shape index (κ1) is 23.5. The van der Waals surface area contributed by atoms with Gasteiger partial charge in [-0.1, -0.05) is 18.2 Å². The number of nitrogens with two attached hydrogens (primary N) is 1. The number of methoxy groups -OCH3 is 1. The molecule has 4 rings (SSSR count). The first-order chi connectivity index (χ1) is 16.2. The number of ether oxygens (including phenoxy) is 4. The van der Waals surface area contributed by atoms with Gasteiger partial charge in [0.05, 0.1) is 17.6 Å². The average Bonchev–Trinajstić information content (AvgIpc) is 3.17. The number of esters is 1. The molecule has 1 heterocycles. The summed E-state index contributed by atoms with van der Waals surface area (Å²) in [4.78, 5) is 11.7. The summed E-state index contributed by atoms with van der Waals surface area (Å²) < 4.78 is 70.2. The van der Waals surface area contributed by atoms with Crippen LogP contribution in [-0.4, -0.2) is 28.1 Å². The van der Waals surface area contributed by atoms with Gasteiger partial charge in [0, 0.05) is 11.1 Å². The van der Waals surface area contributed by atoms with Gasteiger partial charge in [-0.3, -0.25) is 0 Å². The highest BCUT2D eigenvalue weighted by atomic mass is 32.2. The molecule has 8 nitrogen and oxygen atoms in total. The minimum Gasteiger partial charge on any atom is -0.493 e. The largest absolute Gasteiger partial charge is 0.493 e. The molecular formula is C23H19F2NO7S. The second-order valence-corrected chi connectivity index (χ2v) is 8.84. The molecule has 0 saturated carbocycles. The van der Waals surface area contributed by atoms with E-state index in [0.29, 0.717) is 27.8 Å². The van der Waals surface area contributed by atoms with E-state index in [9.17, 15) is 22.0 Å². The van der Waals surface area contributed by atoms with Crippen molar-refractivity contribution in [1.82, 2.24) is 0 Å². The molecule has 0 unspecified atom stereocenters. The van der Waals surface area contributed by atoms with E-state index >= 15 is 0 Å². The number of halogens is 2. The van der Waals surface area contributed by atoms with Crippen molar-refractivity contribution < 1.29 is 40.9 Å². The Hall–Kier alpha value is -3.70. The minimum atomic E-state index is -3.86. The quantitative estimate of drug-likeness (QED) is 0.476. The standard InChI is InChI=1S/C23H19F2NO7S/c1-30-19-9-8-17(14-4-7-18-15(10-14)12-32-22(18)27)20(21(19)33-23(24)25)31-11-13-2-5-16(6-3-13)34(26,28)29/h2-10,23H,11-12H2,1H3,(H2,26,28,29). The highest BCUT2D eigenvalue weighted by molar-refractivity contribution is 7.89. The van der Waals surface area contributed by atoms with E-state index < -0.39 is 22.6 Å². The first-order valence-electron chi connectivity index (χ1n) is 9.88. The molecule has 1 aliphatic rings. The van der Waals surface area contributed by atoms with E-state index in [4.69, 9.17) is 24.1 Å². The summed E-state index contributed by atoms with van der Waals surface area (Å²) in [5.41, 5.74) is 2.63. The average molecular weight is 491 g/mol. The molecular weight excluding hydrogens is 472 g/mol. The summed E-state index contributed by atoms with van der Waals surface area (Å²) in [6.07, 6.45) is 0. The molecule has 3 aromatic rings. The van der Waals surface area contributed by atoms with Gasteiger partial charge in [0.2, 0.25) is 15.8 Å². The summed E-state index contributed by atoms with van der Waals surface area (Å²) in [6, 6.07) is 13.6. The van der Waals surface area contributed by atoms with Gasteiger partial charge in [-0.2, -0.15) is 8.78 Å². The molecule has 0 radical (unpaired) electrons. The Bertz CT molecular complexity index is 1340. The molecule has 34 heavy (non-hydrogen) atoms. The molecule has 1 aliphatic heterocycles. The van der Waals surface area contributed by atoms with Gasteiger partial charge in [-0.05, 0) is 47.5 Å². The fourth-order valence-corrected chi connectivity index (χ4v) is 4.02. The van der Waals surface area contributed by atoms with Crippen LogP contribution in [0.3, 0.4) is 0 Å². The lowest BCUT2D eigenvalue weighted by Crippen LogP contribution is -2.12. The van der Waals surface area contributed by atoms with E-state index in [2.05, 4.69) is 0 Å². The second-order valence-electron chi connectivity index (χ2n) is 7.28. The van der Waals surface area contributed by atoms with E-state index in [1.807, 2.05) is 0 Å². The summed E-state index contributed by atoms with van der Waals surface area (Å²) in [7, 11) is -2.56. The zero-order chi connectivity index (χ0) is 24.5. The monoisotopic (exact) mass is 491 g/mol. The molecule has 3 aromatic carbocycles. The van der Waals surface area contributed by atoms with Gasteiger partial charge >= 0.3 is 12.6 Å². The zero-order valence-electron chi connectivity index (χ0n) is 17.8. The maximum atomic E-state index is 13.2. The first-order valence-corrected chi connectivity index (χ1v) is 11.4. The van der Waals surface area contributed by atoms with Gasteiger partial charge in [0.1, 0.15) is 13.2 Å². The number of rotatable bonds is 8. The van der Waals surface area contributed by atoms with Crippen molar-refractivity contribution in [3.8, 4) is 28.4 Å². The SMILES string of the molecule is COc1ccc(-c2ccc3c(c2)COC3=O)c(OCc2ccc(S(N)(=O)=O)cc2)c1OC(F)F. The van der Waals surface area contributed by atoms with Crippen LogP contribution in [0.2, 0.25) is 0 Å². The normalized spacial score (nSPS) is 12.9. The fourth-order valence-electron chi connectivity index (χ4n) is 3.51. The van der Waals surface area contributed by atoms with Crippen molar-refractivity contribution >= 4 is 16.0 Å². The number of alkyl halides is 2. The molecule has 0 atom stereocenters. The number of sulfonamides is 1. The predicted molar refractivity (Wildman–Crippen MR) is 116 cm³/mol. The third-order valence-corrected chi connectivity index (χ3v) is 6.06. The van der Waals surface area contributed by atoms with Crippen molar-refractivity contribution in [1.29, 1.82) is 0 Å². The lowest BCUT2D eigenvalue weighted by atomic mass is 9.99. The van der Waals surface area contributed by atoms with E-state index in [1.54, 1.807) is 24.3 Å². The van der Waals surface area contributed by atoms with Crippen LogP contribution < -0.4 is 19.3 Å². The molecule has 0 aliphatic carbocycles. The number of cyclic esters (lactones) is 1. The molecule has 0 saturated heterocycles. The van der Waals surface area contributed by atoms with Crippen molar-refractivity contribution in [2.24, 2.45) is 5.14 Å². The third kappa shape index (κ3) is 4.80. The number of hydrogen-bond donors (Lipinski definition) is 1. The zero-order valence-corrected chi connectivity index (χ0v) is 18.6. The number of fused-ring (bicyclic) bond motifs is 1. The summed E-state index contributed by atoms with van der Waals surface area (Å²) in [5, 5.41) is 5.11. The van der Waals surface area contributed by atoms with E-state index in [0.717, 1.165) is 0 Å². The van der Waals surface area contributed by atoms with Crippen LogP contribution in [0.25, 0.3) is 11.1 Å². The molecule has 0 bridgehead atoms. The van der Waals surface area contributed by atoms with Gasteiger partial charge in [0.25, 0.3) is 0 Å². The van der Waals surface area contributed by atoms with Crippen molar-refractivity contribution in [2.75, 3.05) is 7.11 Å². The number of benzene rings is 3.